The Labute approximate surface area is 148 Å². The smallest absolute Gasteiger partial charge is 0.219 e. The molecule has 132 valence electrons. The standard InChI is InChI=1S/C16H31N3O.2ClH/c1-3-18(14(2)20)13-16(15-7-5-4-6-8-15)19-11-9-17-10-12-19;;/h15-17H,3-13H2,1-2H3;2*1H. The van der Waals surface area contributed by atoms with Gasteiger partial charge in [0, 0.05) is 52.2 Å². The number of piperazine rings is 1. The summed E-state index contributed by atoms with van der Waals surface area (Å²) >= 11 is 0. The SMILES string of the molecule is CCN(CC(C1CCCCC1)N1CCNCC1)C(C)=O.Cl.Cl. The molecule has 1 aliphatic carbocycles. The third kappa shape index (κ3) is 6.23. The number of carbonyl (C=O) groups excluding carboxylic acids is 1. The van der Waals surface area contributed by atoms with Crippen LogP contribution in [0.25, 0.3) is 0 Å². The van der Waals surface area contributed by atoms with Gasteiger partial charge in [0.05, 0.1) is 0 Å². The fourth-order valence-electron chi connectivity index (χ4n) is 3.80. The van der Waals surface area contributed by atoms with Crippen LogP contribution >= 0.6 is 24.8 Å². The van der Waals surface area contributed by atoms with Gasteiger partial charge in [0.25, 0.3) is 0 Å². The first-order valence-corrected chi connectivity index (χ1v) is 8.42. The molecule has 0 aromatic rings. The monoisotopic (exact) mass is 353 g/mol. The van der Waals surface area contributed by atoms with Crippen LogP contribution in [0.2, 0.25) is 0 Å². The Morgan fingerprint density at radius 3 is 2.27 bits per heavy atom. The van der Waals surface area contributed by atoms with Gasteiger partial charge in [-0.25, -0.2) is 0 Å². The van der Waals surface area contributed by atoms with Gasteiger partial charge in [0.1, 0.15) is 0 Å². The molecule has 0 bridgehead atoms. The molecule has 0 spiro atoms. The second-order valence-corrected chi connectivity index (χ2v) is 6.31. The lowest BCUT2D eigenvalue weighted by molar-refractivity contribution is -0.130. The van der Waals surface area contributed by atoms with Crippen molar-refractivity contribution in [3.63, 3.8) is 0 Å². The quantitative estimate of drug-likeness (QED) is 0.824. The first kappa shape index (κ1) is 22.0. The van der Waals surface area contributed by atoms with E-state index in [2.05, 4.69) is 17.1 Å². The van der Waals surface area contributed by atoms with Gasteiger partial charge in [-0.3, -0.25) is 9.69 Å². The van der Waals surface area contributed by atoms with E-state index in [1.807, 2.05) is 4.90 Å². The van der Waals surface area contributed by atoms with E-state index in [-0.39, 0.29) is 30.7 Å². The second kappa shape index (κ2) is 11.5. The van der Waals surface area contributed by atoms with Gasteiger partial charge in [-0.2, -0.15) is 0 Å². The first-order valence-electron chi connectivity index (χ1n) is 8.42. The highest BCUT2D eigenvalue weighted by Crippen LogP contribution is 2.29. The zero-order valence-corrected chi connectivity index (χ0v) is 15.7. The molecule has 2 fully saturated rings. The van der Waals surface area contributed by atoms with Gasteiger partial charge in [-0.15, -0.1) is 24.8 Å². The van der Waals surface area contributed by atoms with Crippen molar-refractivity contribution >= 4 is 30.7 Å². The minimum atomic E-state index is 0. The Bertz CT molecular complexity index is 288. The molecule has 1 atom stereocenters. The molecular formula is C16H33Cl2N3O. The van der Waals surface area contributed by atoms with E-state index in [0.717, 1.165) is 45.2 Å². The molecule has 0 aromatic carbocycles. The molecule has 1 saturated carbocycles. The average molecular weight is 354 g/mol. The summed E-state index contributed by atoms with van der Waals surface area (Å²) in [6, 6.07) is 0.571. The van der Waals surface area contributed by atoms with E-state index in [0.29, 0.717) is 6.04 Å². The summed E-state index contributed by atoms with van der Waals surface area (Å²) < 4.78 is 0. The van der Waals surface area contributed by atoms with Gasteiger partial charge >= 0.3 is 0 Å². The molecule has 1 unspecified atom stereocenters. The van der Waals surface area contributed by atoms with E-state index in [1.165, 1.54) is 32.1 Å². The van der Waals surface area contributed by atoms with Crippen LogP contribution in [-0.2, 0) is 4.79 Å². The molecule has 1 N–H and O–H groups in total. The minimum Gasteiger partial charge on any atom is -0.342 e. The van der Waals surface area contributed by atoms with Crippen molar-refractivity contribution in [1.29, 1.82) is 0 Å². The number of rotatable bonds is 5. The largest absolute Gasteiger partial charge is 0.342 e. The topological polar surface area (TPSA) is 35.6 Å². The predicted molar refractivity (Wildman–Crippen MR) is 97.2 cm³/mol. The van der Waals surface area contributed by atoms with Crippen LogP contribution in [0, 0.1) is 5.92 Å². The molecule has 2 rings (SSSR count). The number of likely N-dealkylation sites (N-methyl/N-ethyl adjacent to an activating group) is 1. The first-order chi connectivity index (χ1) is 9.72. The molecule has 0 aromatic heterocycles. The van der Waals surface area contributed by atoms with Gasteiger partial charge < -0.3 is 10.2 Å². The molecule has 0 radical (unpaired) electrons. The van der Waals surface area contributed by atoms with Crippen LogP contribution in [-0.4, -0.2) is 61.0 Å². The molecule has 22 heavy (non-hydrogen) atoms. The van der Waals surface area contributed by atoms with Crippen molar-refractivity contribution in [3.8, 4) is 0 Å². The molecule has 2 aliphatic rings. The zero-order chi connectivity index (χ0) is 14.4. The van der Waals surface area contributed by atoms with Gasteiger partial charge in [0.2, 0.25) is 5.91 Å². The van der Waals surface area contributed by atoms with E-state index in [9.17, 15) is 4.79 Å². The maximum atomic E-state index is 11.8. The number of hydrogen-bond acceptors (Lipinski definition) is 3. The lowest BCUT2D eigenvalue weighted by atomic mass is 9.82. The van der Waals surface area contributed by atoms with Gasteiger partial charge in [0.15, 0.2) is 0 Å². The Morgan fingerprint density at radius 2 is 1.77 bits per heavy atom. The van der Waals surface area contributed by atoms with Crippen LogP contribution in [0.5, 0.6) is 0 Å². The molecular weight excluding hydrogens is 321 g/mol. The number of hydrogen-bond donors (Lipinski definition) is 1. The normalized spacial score (nSPS) is 21.4. The number of nitrogens with one attached hydrogen (secondary N) is 1. The summed E-state index contributed by atoms with van der Waals surface area (Å²) in [6.45, 7) is 10.0. The molecule has 1 aliphatic heterocycles. The Morgan fingerprint density at radius 1 is 1.18 bits per heavy atom. The summed E-state index contributed by atoms with van der Waals surface area (Å²) in [4.78, 5) is 16.4. The fourth-order valence-corrected chi connectivity index (χ4v) is 3.80. The number of nitrogens with zero attached hydrogens (tertiary/aromatic N) is 2. The molecule has 1 saturated heterocycles. The zero-order valence-electron chi connectivity index (χ0n) is 14.1. The highest BCUT2D eigenvalue weighted by Gasteiger charge is 2.31. The third-order valence-electron chi connectivity index (χ3n) is 5.05. The highest BCUT2D eigenvalue weighted by atomic mass is 35.5. The van der Waals surface area contributed by atoms with E-state index >= 15 is 0 Å². The van der Waals surface area contributed by atoms with Crippen LogP contribution in [0.3, 0.4) is 0 Å². The minimum absolute atomic E-state index is 0. The highest BCUT2D eigenvalue weighted by molar-refractivity contribution is 5.85. The van der Waals surface area contributed by atoms with Crippen molar-refractivity contribution in [3.05, 3.63) is 0 Å². The van der Waals surface area contributed by atoms with E-state index in [4.69, 9.17) is 0 Å². The second-order valence-electron chi connectivity index (χ2n) is 6.31. The number of carbonyl (C=O) groups is 1. The summed E-state index contributed by atoms with van der Waals surface area (Å²) in [6.07, 6.45) is 6.85. The van der Waals surface area contributed by atoms with E-state index < -0.39 is 0 Å². The van der Waals surface area contributed by atoms with Crippen LogP contribution in [0.1, 0.15) is 46.0 Å². The fraction of sp³-hybridized carbons (Fsp3) is 0.938. The van der Waals surface area contributed by atoms with Crippen molar-refractivity contribution in [2.24, 2.45) is 5.92 Å². The van der Waals surface area contributed by atoms with Crippen molar-refractivity contribution in [1.82, 2.24) is 15.1 Å². The Hall–Kier alpha value is -0.0300. The maximum Gasteiger partial charge on any atom is 0.219 e. The van der Waals surface area contributed by atoms with Crippen LogP contribution in [0.15, 0.2) is 0 Å². The summed E-state index contributed by atoms with van der Waals surface area (Å²) in [5.41, 5.74) is 0. The van der Waals surface area contributed by atoms with Crippen molar-refractivity contribution < 1.29 is 4.79 Å². The van der Waals surface area contributed by atoms with E-state index in [1.54, 1.807) is 6.92 Å². The molecule has 6 heteroatoms. The summed E-state index contributed by atoms with van der Waals surface area (Å²) in [5, 5.41) is 3.44. The lowest BCUT2D eigenvalue weighted by Crippen LogP contribution is -2.55. The van der Waals surface area contributed by atoms with Crippen molar-refractivity contribution in [2.45, 2.75) is 52.0 Å². The Kier molecular flexibility index (Phi) is 11.5. The molecule has 4 nitrogen and oxygen atoms in total. The lowest BCUT2D eigenvalue weighted by Gasteiger charge is -2.42. The third-order valence-corrected chi connectivity index (χ3v) is 5.05. The summed E-state index contributed by atoms with van der Waals surface area (Å²) in [7, 11) is 0. The van der Waals surface area contributed by atoms with Crippen LogP contribution < -0.4 is 5.32 Å². The summed E-state index contributed by atoms with van der Waals surface area (Å²) in [5.74, 6) is 1.01. The average Bonchev–Trinajstić information content (AvgIpc) is 2.50. The predicted octanol–water partition coefficient (Wildman–Crippen LogP) is 2.55. The maximum absolute atomic E-state index is 11.8. The number of halogens is 2. The van der Waals surface area contributed by atoms with Crippen molar-refractivity contribution in [2.75, 3.05) is 39.3 Å². The Balaban J connectivity index is 0.00000220. The number of amides is 1. The van der Waals surface area contributed by atoms with Gasteiger partial charge in [-0.05, 0) is 25.7 Å². The van der Waals surface area contributed by atoms with Gasteiger partial charge in [-0.1, -0.05) is 19.3 Å². The molecule has 1 amide bonds. The molecule has 1 heterocycles. The van der Waals surface area contributed by atoms with Crippen LogP contribution in [0.4, 0.5) is 0 Å².